The Balaban J connectivity index is 1.35. The lowest BCUT2D eigenvalue weighted by atomic mass is 10.1. The minimum absolute atomic E-state index is 0.224. The van der Waals surface area contributed by atoms with Crippen LogP contribution >= 0.6 is 0 Å². The van der Waals surface area contributed by atoms with Crippen LogP contribution in [0.15, 0.2) is 12.3 Å². The van der Waals surface area contributed by atoms with Crippen LogP contribution in [0.1, 0.15) is 32.1 Å². The lowest BCUT2D eigenvalue weighted by Gasteiger charge is -2.29. The van der Waals surface area contributed by atoms with Gasteiger partial charge in [-0.1, -0.05) is 12.8 Å². The van der Waals surface area contributed by atoms with Crippen LogP contribution < -0.4 is 15.1 Å². The monoisotopic (exact) mass is 345 g/mol. The standard InChI is InChI=1S/C18H27N5O2/c24-18(14-3-1-2-4-14)20-15-5-6-23(13-15)17-11-16(12-19-21-17)22-7-9-25-10-8-22/h11-12,14-15H,1-10,13H2,(H,20,24)/t15-/m0/s1. The number of morpholine rings is 1. The Kier molecular flexibility index (Phi) is 5.01. The van der Waals surface area contributed by atoms with Crippen molar-refractivity contribution in [2.45, 2.75) is 38.1 Å². The van der Waals surface area contributed by atoms with E-state index in [2.05, 4.69) is 31.4 Å². The molecule has 4 rings (SSSR count). The van der Waals surface area contributed by atoms with Crippen molar-refractivity contribution in [3.05, 3.63) is 12.3 Å². The second-order valence-electron chi connectivity index (χ2n) is 7.29. The first-order chi connectivity index (χ1) is 12.3. The molecule has 0 bridgehead atoms. The molecular formula is C18H27N5O2. The molecule has 0 aromatic carbocycles. The molecule has 3 heterocycles. The van der Waals surface area contributed by atoms with Gasteiger partial charge in [0.05, 0.1) is 25.1 Å². The predicted octanol–water partition coefficient (Wildman–Crippen LogP) is 1.20. The summed E-state index contributed by atoms with van der Waals surface area (Å²) < 4.78 is 5.42. The number of carbonyl (C=O) groups excluding carboxylic acids is 1. The van der Waals surface area contributed by atoms with Gasteiger partial charge in [-0.05, 0) is 19.3 Å². The summed E-state index contributed by atoms with van der Waals surface area (Å²) in [6.45, 7) is 5.04. The molecule has 1 amide bonds. The maximum absolute atomic E-state index is 12.3. The van der Waals surface area contributed by atoms with Crippen molar-refractivity contribution in [2.24, 2.45) is 5.92 Å². The highest BCUT2D eigenvalue weighted by Crippen LogP contribution is 2.26. The lowest BCUT2D eigenvalue weighted by Crippen LogP contribution is -2.40. The van der Waals surface area contributed by atoms with Gasteiger partial charge in [0.2, 0.25) is 5.91 Å². The molecular weight excluding hydrogens is 318 g/mol. The molecule has 1 aliphatic carbocycles. The summed E-state index contributed by atoms with van der Waals surface area (Å²) in [6, 6.07) is 2.33. The van der Waals surface area contributed by atoms with Crippen molar-refractivity contribution in [1.29, 1.82) is 0 Å². The second kappa shape index (κ2) is 7.56. The first-order valence-corrected chi connectivity index (χ1v) is 9.50. The molecule has 0 spiro atoms. The maximum Gasteiger partial charge on any atom is 0.223 e. The highest BCUT2D eigenvalue weighted by Gasteiger charge is 2.29. The van der Waals surface area contributed by atoms with E-state index in [0.717, 1.165) is 70.2 Å². The summed E-state index contributed by atoms with van der Waals surface area (Å²) in [5, 5.41) is 11.7. The van der Waals surface area contributed by atoms with Crippen molar-refractivity contribution in [3.63, 3.8) is 0 Å². The first kappa shape index (κ1) is 16.6. The summed E-state index contributed by atoms with van der Waals surface area (Å²) >= 11 is 0. The quantitative estimate of drug-likeness (QED) is 0.884. The SMILES string of the molecule is O=C(N[C@H]1CCN(c2cc(N3CCOCC3)cnn2)C1)C1CCCC1. The van der Waals surface area contributed by atoms with Gasteiger partial charge in [-0.25, -0.2) is 0 Å². The summed E-state index contributed by atoms with van der Waals surface area (Å²) in [5.74, 6) is 1.39. The van der Waals surface area contributed by atoms with Crippen LogP contribution in [0.25, 0.3) is 0 Å². The number of nitrogens with zero attached hydrogens (tertiary/aromatic N) is 4. The lowest BCUT2D eigenvalue weighted by molar-refractivity contribution is -0.125. The van der Waals surface area contributed by atoms with Crippen LogP contribution in [0.5, 0.6) is 0 Å². The number of anilines is 2. The highest BCUT2D eigenvalue weighted by atomic mass is 16.5. The molecule has 25 heavy (non-hydrogen) atoms. The number of nitrogens with one attached hydrogen (secondary N) is 1. The Morgan fingerprint density at radius 3 is 2.72 bits per heavy atom. The van der Waals surface area contributed by atoms with Gasteiger partial charge in [-0.2, -0.15) is 5.10 Å². The Hall–Kier alpha value is -1.89. The summed E-state index contributed by atoms with van der Waals surface area (Å²) in [4.78, 5) is 16.9. The van der Waals surface area contributed by atoms with Crippen molar-refractivity contribution in [2.75, 3.05) is 49.2 Å². The highest BCUT2D eigenvalue weighted by molar-refractivity contribution is 5.79. The molecule has 1 saturated carbocycles. The molecule has 2 saturated heterocycles. The molecule has 2 aliphatic heterocycles. The Morgan fingerprint density at radius 2 is 1.92 bits per heavy atom. The van der Waals surface area contributed by atoms with E-state index in [1.165, 1.54) is 12.8 Å². The summed E-state index contributed by atoms with van der Waals surface area (Å²) in [7, 11) is 0. The summed E-state index contributed by atoms with van der Waals surface area (Å²) in [6.07, 6.45) is 7.29. The zero-order valence-corrected chi connectivity index (χ0v) is 14.7. The second-order valence-corrected chi connectivity index (χ2v) is 7.29. The van der Waals surface area contributed by atoms with Crippen LogP contribution in [0.4, 0.5) is 11.5 Å². The van der Waals surface area contributed by atoms with E-state index < -0.39 is 0 Å². The van der Waals surface area contributed by atoms with Crippen LogP contribution in [-0.4, -0.2) is 61.5 Å². The minimum Gasteiger partial charge on any atom is -0.378 e. The average molecular weight is 345 g/mol. The van der Waals surface area contributed by atoms with Gasteiger partial charge < -0.3 is 19.9 Å². The summed E-state index contributed by atoms with van der Waals surface area (Å²) in [5.41, 5.74) is 1.10. The number of amides is 1. The molecule has 0 unspecified atom stereocenters. The average Bonchev–Trinajstić information content (AvgIpc) is 3.35. The van der Waals surface area contributed by atoms with E-state index in [1.807, 2.05) is 6.20 Å². The molecule has 1 atom stereocenters. The number of aromatic nitrogens is 2. The molecule has 7 heteroatoms. The van der Waals surface area contributed by atoms with E-state index in [9.17, 15) is 4.79 Å². The Morgan fingerprint density at radius 1 is 1.12 bits per heavy atom. The number of ether oxygens (including phenoxy) is 1. The Labute approximate surface area is 148 Å². The van der Waals surface area contributed by atoms with E-state index >= 15 is 0 Å². The fraction of sp³-hybridized carbons (Fsp3) is 0.722. The van der Waals surface area contributed by atoms with Crippen LogP contribution in [0.2, 0.25) is 0 Å². The molecule has 1 aromatic rings. The van der Waals surface area contributed by atoms with Crippen molar-refractivity contribution < 1.29 is 9.53 Å². The number of hydrogen-bond acceptors (Lipinski definition) is 6. The molecule has 3 aliphatic rings. The first-order valence-electron chi connectivity index (χ1n) is 9.50. The van der Waals surface area contributed by atoms with Gasteiger partial charge in [0.1, 0.15) is 0 Å². The third kappa shape index (κ3) is 3.86. The van der Waals surface area contributed by atoms with Gasteiger partial charge in [0.15, 0.2) is 5.82 Å². The van der Waals surface area contributed by atoms with Crippen molar-refractivity contribution in [3.8, 4) is 0 Å². The van der Waals surface area contributed by atoms with Gasteiger partial charge in [0, 0.05) is 44.2 Å². The van der Waals surface area contributed by atoms with E-state index in [0.29, 0.717) is 0 Å². The smallest absolute Gasteiger partial charge is 0.223 e. The van der Waals surface area contributed by atoms with E-state index in [4.69, 9.17) is 4.74 Å². The molecule has 136 valence electrons. The zero-order valence-electron chi connectivity index (χ0n) is 14.7. The normalized spacial score (nSPS) is 24.7. The predicted molar refractivity (Wildman–Crippen MR) is 95.8 cm³/mol. The molecule has 0 radical (unpaired) electrons. The fourth-order valence-electron chi connectivity index (χ4n) is 4.09. The van der Waals surface area contributed by atoms with Crippen LogP contribution in [-0.2, 0) is 9.53 Å². The van der Waals surface area contributed by atoms with E-state index in [1.54, 1.807) is 0 Å². The fourth-order valence-corrected chi connectivity index (χ4v) is 4.09. The largest absolute Gasteiger partial charge is 0.378 e. The van der Waals surface area contributed by atoms with Crippen molar-refractivity contribution >= 4 is 17.4 Å². The Bertz CT molecular complexity index is 599. The van der Waals surface area contributed by atoms with Crippen LogP contribution in [0.3, 0.4) is 0 Å². The van der Waals surface area contributed by atoms with Gasteiger partial charge >= 0.3 is 0 Å². The number of carbonyl (C=O) groups is 1. The maximum atomic E-state index is 12.3. The number of rotatable bonds is 4. The van der Waals surface area contributed by atoms with Gasteiger partial charge in [-0.15, -0.1) is 5.10 Å². The minimum atomic E-state index is 0.224. The topological polar surface area (TPSA) is 70.6 Å². The van der Waals surface area contributed by atoms with E-state index in [-0.39, 0.29) is 17.9 Å². The molecule has 1 N–H and O–H groups in total. The third-order valence-electron chi connectivity index (χ3n) is 5.59. The number of hydrogen-bond donors (Lipinski definition) is 1. The van der Waals surface area contributed by atoms with Gasteiger partial charge in [-0.3, -0.25) is 4.79 Å². The third-order valence-corrected chi connectivity index (χ3v) is 5.59. The zero-order chi connectivity index (χ0) is 17.1. The molecule has 7 nitrogen and oxygen atoms in total. The van der Waals surface area contributed by atoms with Crippen molar-refractivity contribution in [1.82, 2.24) is 15.5 Å². The van der Waals surface area contributed by atoms with Gasteiger partial charge in [0.25, 0.3) is 0 Å². The van der Waals surface area contributed by atoms with Crippen LogP contribution in [0, 0.1) is 5.92 Å². The molecule has 3 fully saturated rings. The molecule has 1 aromatic heterocycles.